The topological polar surface area (TPSA) is 6.48 Å². The molecule has 0 bridgehead atoms. The minimum absolute atomic E-state index is 1.13. The zero-order valence-corrected chi connectivity index (χ0v) is 81.6. The van der Waals surface area contributed by atoms with Crippen LogP contribution in [0.2, 0.25) is 78.6 Å². The van der Waals surface area contributed by atoms with Crippen LogP contribution in [0.4, 0.5) is 34.1 Å². The molecule has 132 heavy (non-hydrogen) atoms. The molecule has 640 valence electrons. The van der Waals surface area contributed by atoms with E-state index in [-0.39, 0.29) is 0 Å². The maximum atomic E-state index is 2.44. The molecule has 22 rings (SSSR count). The lowest BCUT2D eigenvalue weighted by Gasteiger charge is -2.25. The average molecular weight is 1760 g/mol. The van der Waals surface area contributed by atoms with Crippen LogP contribution in [0.1, 0.15) is 0 Å². The summed E-state index contributed by atoms with van der Waals surface area (Å²) in [4.78, 5) is 4.63. The van der Waals surface area contributed by atoms with Gasteiger partial charge in [-0.2, -0.15) is 0 Å². The van der Waals surface area contributed by atoms with Gasteiger partial charge in [-0.3, -0.25) is 0 Å². The summed E-state index contributed by atoms with van der Waals surface area (Å²) in [5, 5.41) is 29.6. The molecule has 0 fully saturated rings. The fourth-order valence-corrected chi connectivity index (χ4v) is 26.1. The number of hydrogen-bond acceptors (Lipinski definition) is 2. The van der Waals surface area contributed by atoms with Crippen molar-refractivity contribution in [1.29, 1.82) is 0 Å². The van der Waals surface area contributed by atoms with Gasteiger partial charge in [0.05, 0.1) is 32.3 Å². The molecule has 0 saturated carbocycles. The van der Waals surface area contributed by atoms with E-state index in [0.717, 1.165) is 34.1 Å². The van der Waals surface area contributed by atoms with Crippen LogP contribution in [-0.2, 0) is 0 Å². The zero-order chi connectivity index (χ0) is 90.6. The molecule has 0 spiro atoms. The van der Waals surface area contributed by atoms with Crippen molar-refractivity contribution in [2.75, 3.05) is 9.80 Å². The molecular formula is C126H110N2Si4. The van der Waals surface area contributed by atoms with Gasteiger partial charge in [-0.05, 0) is 255 Å². The molecule has 2 nitrogen and oxygen atoms in total. The number of anilines is 6. The molecule has 6 heteroatoms. The van der Waals surface area contributed by atoms with Crippen molar-refractivity contribution in [2.24, 2.45) is 0 Å². The third kappa shape index (κ3) is 16.9. The number of fused-ring (bicyclic) bond motifs is 9. The Morgan fingerprint density at radius 3 is 0.629 bits per heavy atom. The Labute approximate surface area is 782 Å². The Morgan fingerprint density at radius 1 is 0.136 bits per heavy atom. The minimum atomic E-state index is -1.47. The van der Waals surface area contributed by atoms with Crippen LogP contribution in [0.5, 0.6) is 0 Å². The molecule has 0 unspecified atom stereocenters. The van der Waals surface area contributed by atoms with Crippen LogP contribution in [0, 0.1) is 0 Å². The Balaban J connectivity index is 0.000000127. The Hall–Kier alpha value is -14.4. The molecule has 0 aliphatic heterocycles. The van der Waals surface area contributed by atoms with Crippen LogP contribution < -0.4 is 30.5 Å². The predicted octanol–water partition coefficient (Wildman–Crippen LogP) is 34.6. The van der Waals surface area contributed by atoms with Gasteiger partial charge < -0.3 is 9.80 Å². The second-order valence-electron chi connectivity index (χ2n) is 39.5. The standard InChI is InChI=1S/C54H38N2.2C36H36Si2/c1-5-15-45(16-6-1)55(46-17-7-2-8-18-46)49-33-31-39-35-43(29-27-41(39)37-49)51-23-13-26-54-52(24-14-25-53(51)54)44-30-28-42-38-50(34-32-40(42)36-44)56(47-19-9-3-10-20-47)48-21-11-4-12-22-48;1-37(2,3)35-23-21-31(29-13-7-9-15-33(29)35)27-19-11-18-26-25(27)17-12-20-28(26)32-22-24-36(38(4,5)6)34-16-10-8-14-30(32)34;1-37(2,3)28-20-19-25-23-27(18-17-26(25)24-28)29-13-9-15-31-30(29)14-10-16-32(31)34-21-22-36(38(4,5)6)35-12-8-7-11-33(34)35/h1-38H;2*7-24H,1-6H3. The van der Waals surface area contributed by atoms with Gasteiger partial charge >= 0.3 is 0 Å². The van der Waals surface area contributed by atoms with Gasteiger partial charge in [0.2, 0.25) is 0 Å². The zero-order valence-electron chi connectivity index (χ0n) is 77.6. The molecular weight excluding hydrogens is 1650 g/mol. The summed E-state index contributed by atoms with van der Waals surface area (Å²) >= 11 is 0. The first-order valence-electron chi connectivity index (χ1n) is 46.6. The third-order valence-corrected chi connectivity index (χ3v) is 34.9. The predicted molar refractivity (Wildman–Crippen MR) is 591 cm³/mol. The molecule has 0 aliphatic rings. The van der Waals surface area contributed by atoms with Gasteiger partial charge in [0.1, 0.15) is 0 Å². The molecule has 0 aromatic heterocycles. The molecule has 0 saturated heterocycles. The molecule has 22 aromatic carbocycles. The highest BCUT2D eigenvalue weighted by Gasteiger charge is 2.27. The summed E-state index contributed by atoms with van der Waals surface area (Å²) in [5.74, 6) is 0. The van der Waals surface area contributed by atoms with Crippen LogP contribution >= 0.6 is 0 Å². The summed E-state index contributed by atoms with van der Waals surface area (Å²) < 4.78 is 0. The fraction of sp³-hybridized carbons (Fsp3) is 0.0952. The minimum Gasteiger partial charge on any atom is -0.310 e. The van der Waals surface area contributed by atoms with E-state index in [1.165, 1.54) is 184 Å². The van der Waals surface area contributed by atoms with Crippen molar-refractivity contribution >= 4 is 184 Å². The fourth-order valence-electron chi connectivity index (χ4n) is 20.1. The monoisotopic (exact) mass is 1760 g/mol. The normalized spacial score (nSPS) is 11.9. The Morgan fingerprint density at radius 2 is 0.348 bits per heavy atom. The first kappa shape index (κ1) is 85.7. The van der Waals surface area contributed by atoms with Crippen molar-refractivity contribution in [3.63, 3.8) is 0 Å². The Bertz CT molecular complexity index is 7700. The lowest BCUT2D eigenvalue weighted by atomic mass is 9.89. The molecule has 22 aromatic rings. The van der Waals surface area contributed by atoms with E-state index >= 15 is 0 Å². The van der Waals surface area contributed by atoms with Gasteiger partial charge in [-0.15, -0.1) is 0 Å². The van der Waals surface area contributed by atoms with Gasteiger partial charge in [0.25, 0.3) is 0 Å². The van der Waals surface area contributed by atoms with Crippen LogP contribution in [0.25, 0.3) is 164 Å². The number of para-hydroxylation sites is 4. The van der Waals surface area contributed by atoms with Crippen molar-refractivity contribution in [3.05, 3.63) is 449 Å². The van der Waals surface area contributed by atoms with Crippen molar-refractivity contribution in [2.45, 2.75) is 78.6 Å². The highest BCUT2D eigenvalue weighted by atomic mass is 28.3. The van der Waals surface area contributed by atoms with Crippen molar-refractivity contribution in [1.82, 2.24) is 0 Å². The molecule has 0 aliphatic carbocycles. The molecule has 0 atom stereocenters. The van der Waals surface area contributed by atoms with E-state index in [0.29, 0.717) is 0 Å². The number of nitrogens with zero attached hydrogens (tertiary/aromatic N) is 2. The van der Waals surface area contributed by atoms with Crippen molar-refractivity contribution < 1.29 is 0 Å². The smallest absolute Gasteiger partial charge is 0.0784 e. The van der Waals surface area contributed by atoms with Gasteiger partial charge in [-0.25, -0.2) is 0 Å². The molecule has 0 radical (unpaired) electrons. The van der Waals surface area contributed by atoms with Crippen molar-refractivity contribution in [3.8, 4) is 66.8 Å². The largest absolute Gasteiger partial charge is 0.310 e. The lowest BCUT2D eigenvalue weighted by Crippen LogP contribution is -2.38. The highest BCUT2D eigenvalue weighted by molar-refractivity contribution is 6.91. The molecule has 0 heterocycles. The first-order chi connectivity index (χ1) is 64.0. The highest BCUT2D eigenvalue weighted by Crippen LogP contribution is 2.46. The number of benzene rings is 22. The quantitative estimate of drug-likeness (QED) is 0.0890. The first-order valence-corrected chi connectivity index (χ1v) is 60.6. The second kappa shape index (κ2) is 35.5. The van der Waals surface area contributed by atoms with E-state index < -0.39 is 32.3 Å². The Kier molecular flexibility index (Phi) is 23.1. The van der Waals surface area contributed by atoms with Gasteiger partial charge in [0.15, 0.2) is 0 Å². The van der Waals surface area contributed by atoms with Gasteiger partial charge in [-0.1, -0.05) is 457 Å². The second-order valence-corrected chi connectivity index (χ2v) is 59.7. The van der Waals surface area contributed by atoms with Crippen LogP contribution in [-0.4, -0.2) is 32.3 Å². The maximum Gasteiger partial charge on any atom is 0.0784 e. The maximum absolute atomic E-state index is 2.44. The van der Waals surface area contributed by atoms with E-state index in [1.807, 2.05) is 0 Å². The lowest BCUT2D eigenvalue weighted by molar-refractivity contribution is 1.29. The van der Waals surface area contributed by atoms with Crippen LogP contribution in [0.3, 0.4) is 0 Å². The van der Waals surface area contributed by atoms with Crippen LogP contribution in [0.15, 0.2) is 449 Å². The van der Waals surface area contributed by atoms with E-state index in [9.17, 15) is 0 Å². The summed E-state index contributed by atoms with van der Waals surface area (Å²) in [7, 11) is -5.74. The molecule has 0 amide bonds. The van der Waals surface area contributed by atoms with E-state index in [4.69, 9.17) is 0 Å². The third-order valence-electron chi connectivity index (χ3n) is 26.7. The summed E-state index contributed by atoms with van der Waals surface area (Å²) in [6.45, 7) is 29.2. The van der Waals surface area contributed by atoms with E-state index in [1.54, 1.807) is 0 Å². The summed E-state index contributed by atoms with van der Waals surface area (Å²) in [6, 6.07) is 166. The van der Waals surface area contributed by atoms with E-state index in [2.05, 4.69) is 537 Å². The van der Waals surface area contributed by atoms with Gasteiger partial charge in [0, 0.05) is 34.1 Å². The molecule has 0 N–H and O–H groups in total. The summed E-state index contributed by atoms with van der Waals surface area (Å²) in [6.07, 6.45) is 0. The SMILES string of the molecule is C[Si](C)(C)c1ccc(-c2cccc3c(-c4ccc([Si](C)(C)C)c5ccccc45)cccc23)c2ccccc12.C[Si](C)(C)c1ccc2cc(-c3cccc4c(-c5ccc([Si](C)(C)C)c6ccccc56)cccc34)ccc2c1.c1ccc(N(c2ccccc2)c2ccc3cc(-c4cccc5c(-c6ccc7cc(N(c8ccccc8)c8ccccc8)ccc7c6)cccc45)ccc3c2)cc1. The average Bonchev–Trinajstić information content (AvgIpc) is 0.745. The number of rotatable bonds is 16. The number of hydrogen-bond donors (Lipinski definition) is 0. The summed E-state index contributed by atoms with van der Waals surface area (Å²) in [5.41, 5.74) is 22.2.